The van der Waals surface area contributed by atoms with Crippen LogP contribution in [0, 0.1) is 6.07 Å². The van der Waals surface area contributed by atoms with Gasteiger partial charge in [-0.1, -0.05) is 0 Å². The molecule has 1 radical (unpaired) electrons. The number of nitrogens with zero attached hydrogens (tertiary/aromatic N) is 1. The van der Waals surface area contributed by atoms with Gasteiger partial charge in [0.2, 0.25) is 0 Å². The van der Waals surface area contributed by atoms with E-state index in [0.717, 1.165) is 6.54 Å². The number of hydrogen-bond acceptors (Lipinski definition) is 2. The number of nitrogens with one attached hydrogen (secondary N) is 1. The van der Waals surface area contributed by atoms with Gasteiger partial charge >= 0.3 is 0 Å². The maximum absolute atomic E-state index is 4.36. The Labute approximate surface area is 65.6 Å². The van der Waals surface area contributed by atoms with Crippen molar-refractivity contribution in [3.63, 3.8) is 0 Å². The van der Waals surface area contributed by atoms with Crippen LogP contribution in [0.4, 0.5) is 5.69 Å². The molecule has 1 aromatic rings. The fourth-order valence-corrected chi connectivity index (χ4v) is 1.83. The standard InChI is InChI=1S/C9H9N2/c1-2-7-8(10-5-1)9(3-4-9)6-11-7/h2,5,11H,3-4,6H2. The number of anilines is 1. The van der Waals surface area contributed by atoms with Crippen molar-refractivity contribution in [3.05, 3.63) is 24.0 Å². The molecule has 0 saturated heterocycles. The Balaban J connectivity index is 2.21. The van der Waals surface area contributed by atoms with Gasteiger partial charge in [0.15, 0.2) is 0 Å². The Hall–Kier alpha value is -1.05. The molecule has 0 aromatic carbocycles. The van der Waals surface area contributed by atoms with E-state index in [0.29, 0.717) is 5.41 Å². The minimum atomic E-state index is 0.435. The molecular formula is C9H9N2. The Kier molecular flexibility index (Phi) is 0.799. The lowest BCUT2D eigenvalue weighted by atomic mass is 10.1. The average Bonchev–Trinajstić information content (AvgIpc) is 2.72. The van der Waals surface area contributed by atoms with E-state index in [1.165, 1.54) is 24.2 Å². The highest BCUT2D eigenvalue weighted by Crippen LogP contribution is 2.52. The van der Waals surface area contributed by atoms with Crippen molar-refractivity contribution in [2.75, 3.05) is 11.9 Å². The van der Waals surface area contributed by atoms with E-state index < -0.39 is 0 Å². The maximum atomic E-state index is 4.36. The first-order chi connectivity index (χ1) is 5.41. The highest BCUT2D eigenvalue weighted by Gasteiger charge is 2.50. The molecule has 0 atom stereocenters. The SMILES string of the molecule is [c]1cnc2c(c1)NCC21CC1. The summed E-state index contributed by atoms with van der Waals surface area (Å²) >= 11 is 0. The zero-order valence-corrected chi connectivity index (χ0v) is 6.22. The molecule has 1 fully saturated rings. The van der Waals surface area contributed by atoms with Gasteiger partial charge in [0, 0.05) is 24.2 Å². The number of pyridine rings is 1. The summed E-state index contributed by atoms with van der Waals surface area (Å²) in [7, 11) is 0. The van der Waals surface area contributed by atoms with Gasteiger partial charge < -0.3 is 5.32 Å². The smallest absolute Gasteiger partial charge is 0.0714 e. The van der Waals surface area contributed by atoms with E-state index in [2.05, 4.69) is 16.4 Å². The van der Waals surface area contributed by atoms with Crippen LogP contribution in [-0.4, -0.2) is 11.5 Å². The lowest BCUT2D eigenvalue weighted by Gasteiger charge is -2.01. The van der Waals surface area contributed by atoms with E-state index >= 15 is 0 Å². The van der Waals surface area contributed by atoms with Crippen molar-refractivity contribution < 1.29 is 0 Å². The first-order valence-electron chi connectivity index (χ1n) is 4.01. The highest BCUT2D eigenvalue weighted by atomic mass is 15.0. The van der Waals surface area contributed by atoms with Crippen LogP contribution in [-0.2, 0) is 5.41 Å². The van der Waals surface area contributed by atoms with Gasteiger partial charge in [0.1, 0.15) is 0 Å². The van der Waals surface area contributed by atoms with E-state index in [1.54, 1.807) is 6.20 Å². The number of aromatic nitrogens is 1. The quantitative estimate of drug-likeness (QED) is 0.596. The number of rotatable bonds is 0. The third-order valence-electron chi connectivity index (χ3n) is 2.72. The molecular weight excluding hydrogens is 136 g/mol. The first kappa shape index (κ1) is 5.58. The molecule has 2 heteroatoms. The molecule has 2 heterocycles. The Morgan fingerprint density at radius 2 is 2.45 bits per heavy atom. The number of fused-ring (bicyclic) bond motifs is 2. The second-order valence-electron chi connectivity index (χ2n) is 3.47. The van der Waals surface area contributed by atoms with Crippen LogP contribution in [0.25, 0.3) is 0 Å². The van der Waals surface area contributed by atoms with E-state index in [4.69, 9.17) is 0 Å². The van der Waals surface area contributed by atoms with Gasteiger partial charge in [0.05, 0.1) is 11.4 Å². The summed E-state index contributed by atoms with van der Waals surface area (Å²) in [6.45, 7) is 1.09. The molecule has 0 amide bonds. The molecule has 0 unspecified atom stereocenters. The third kappa shape index (κ3) is 0.595. The summed E-state index contributed by atoms with van der Waals surface area (Å²) in [5.41, 5.74) is 2.91. The highest BCUT2D eigenvalue weighted by molar-refractivity contribution is 5.58. The van der Waals surface area contributed by atoms with Crippen LogP contribution in [0.3, 0.4) is 0 Å². The summed E-state index contributed by atoms with van der Waals surface area (Å²) in [5, 5.41) is 3.36. The zero-order chi connectivity index (χ0) is 7.31. The predicted octanol–water partition coefficient (Wildman–Crippen LogP) is 1.34. The summed E-state index contributed by atoms with van der Waals surface area (Å²) in [5.74, 6) is 0. The molecule has 3 rings (SSSR count). The second kappa shape index (κ2) is 1.58. The van der Waals surface area contributed by atoms with Gasteiger partial charge in [-0.25, -0.2) is 0 Å². The van der Waals surface area contributed by atoms with Crippen molar-refractivity contribution in [1.29, 1.82) is 0 Å². The topological polar surface area (TPSA) is 24.9 Å². The fraction of sp³-hybridized carbons (Fsp3) is 0.444. The minimum absolute atomic E-state index is 0.435. The van der Waals surface area contributed by atoms with Crippen LogP contribution >= 0.6 is 0 Å². The summed E-state index contributed by atoms with van der Waals surface area (Å²) < 4.78 is 0. The summed E-state index contributed by atoms with van der Waals surface area (Å²) in [6, 6.07) is 4.98. The van der Waals surface area contributed by atoms with Gasteiger partial charge in [0.25, 0.3) is 0 Å². The van der Waals surface area contributed by atoms with Crippen LogP contribution in [0.2, 0.25) is 0 Å². The molecule has 1 spiro atoms. The van der Waals surface area contributed by atoms with Crippen molar-refractivity contribution in [3.8, 4) is 0 Å². The minimum Gasteiger partial charge on any atom is -0.383 e. The van der Waals surface area contributed by atoms with Crippen LogP contribution < -0.4 is 5.32 Å². The third-order valence-corrected chi connectivity index (χ3v) is 2.72. The molecule has 1 N–H and O–H groups in total. The van der Waals surface area contributed by atoms with Crippen molar-refractivity contribution in [2.45, 2.75) is 18.3 Å². The molecule has 2 nitrogen and oxygen atoms in total. The molecule has 1 aliphatic heterocycles. The molecule has 1 aliphatic carbocycles. The first-order valence-corrected chi connectivity index (χ1v) is 4.01. The molecule has 2 aliphatic rings. The van der Waals surface area contributed by atoms with E-state index in [1.807, 2.05) is 6.07 Å². The van der Waals surface area contributed by atoms with Crippen LogP contribution in [0.5, 0.6) is 0 Å². The van der Waals surface area contributed by atoms with Gasteiger partial charge in [-0.2, -0.15) is 0 Å². The average molecular weight is 145 g/mol. The largest absolute Gasteiger partial charge is 0.383 e. The second-order valence-corrected chi connectivity index (χ2v) is 3.47. The summed E-state index contributed by atoms with van der Waals surface area (Å²) in [4.78, 5) is 4.36. The van der Waals surface area contributed by atoms with E-state index in [-0.39, 0.29) is 0 Å². The predicted molar refractivity (Wildman–Crippen MR) is 42.5 cm³/mol. The normalized spacial score (nSPS) is 22.9. The molecule has 1 aromatic heterocycles. The maximum Gasteiger partial charge on any atom is 0.0714 e. The molecule has 1 saturated carbocycles. The Morgan fingerprint density at radius 1 is 1.55 bits per heavy atom. The molecule has 55 valence electrons. The zero-order valence-electron chi connectivity index (χ0n) is 6.22. The summed E-state index contributed by atoms with van der Waals surface area (Å²) in [6.07, 6.45) is 4.39. The lowest BCUT2D eigenvalue weighted by molar-refractivity contribution is 0.749. The van der Waals surface area contributed by atoms with Crippen molar-refractivity contribution in [2.24, 2.45) is 0 Å². The van der Waals surface area contributed by atoms with E-state index in [9.17, 15) is 0 Å². The molecule has 11 heavy (non-hydrogen) atoms. The fourth-order valence-electron chi connectivity index (χ4n) is 1.83. The van der Waals surface area contributed by atoms with Crippen molar-refractivity contribution >= 4 is 5.69 Å². The monoisotopic (exact) mass is 145 g/mol. The van der Waals surface area contributed by atoms with Gasteiger partial charge in [-0.05, 0) is 18.9 Å². The Bertz CT molecular complexity index is 302. The van der Waals surface area contributed by atoms with Crippen LogP contribution in [0.1, 0.15) is 18.5 Å². The van der Waals surface area contributed by atoms with Gasteiger partial charge in [-0.15, -0.1) is 0 Å². The van der Waals surface area contributed by atoms with Crippen LogP contribution in [0.15, 0.2) is 12.3 Å². The lowest BCUT2D eigenvalue weighted by Crippen LogP contribution is -2.09. The number of hydrogen-bond donors (Lipinski definition) is 1. The Morgan fingerprint density at radius 3 is 3.27 bits per heavy atom. The van der Waals surface area contributed by atoms with Gasteiger partial charge in [-0.3, -0.25) is 4.98 Å². The molecule has 0 bridgehead atoms. The van der Waals surface area contributed by atoms with Crippen molar-refractivity contribution in [1.82, 2.24) is 4.98 Å².